The molecule has 26 heavy (non-hydrogen) atoms. The summed E-state index contributed by atoms with van der Waals surface area (Å²) in [5.41, 5.74) is 1.20. The Morgan fingerprint density at radius 3 is 2.85 bits per heavy atom. The molecule has 0 bridgehead atoms. The van der Waals surface area contributed by atoms with E-state index in [0.717, 1.165) is 49.0 Å². The molecule has 0 amide bonds. The van der Waals surface area contributed by atoms with Crippen LogP contribution in [0.2, 0.25) is 5.02 Å². The van der Waals surface area contributed by atoms with Gasteiger partial charge in [0.05, 0.1) is 0 Å². The molecule has 3 fully saturated rings. The highest BCUT2D eigenvalue weighted by atomic mass is 35.5. The third kappa shape index (κ3) is 4.44. The Balaban J connectivity index is 1.22. The van der Waals surface area contributed by atoms with Gasteiger partial charge in [-0.1, -0.05) is 17.7 Å². The minimum Gasteiger partial charge on any atom is -0.369 e. The van der Waals surface area contributed by atoms with E-state index < -0.39 is 0 Å². The molecule has 6 heteroatoms. The molecule has 1 aromatic rings. The van der Waals surface area contributed by atoms with Crippen LogP contribution >= 0.6 is 11.6 Å². The molecule has 0 aromatic heterocycles. The first-order chi connectivity index (χ1) is 12.7. The van der Waals surface area contributed by atoms with Crippen molar-refractivity contribution in [3.63, 3.8) is 0 Å². The molecule has 3 aliphatic rings. The summed E-state index contributed by atoms with van der Waals surface area (Å²) in [7, 11) is 1.87. The van der Waals surface area contributed by atoms with Gasteiger partial charge in [0, 0.05) is 56.0 Å². The Morgan fingerprint density at radius 2 is 2.08 bits per heavy atom. The van der Waals surface area contributed by atoms with Gasteiger partial charge >= 0.3 is 0 Å². The summed E-state index contributed by atoms with van der Waals surface area (Å²) in [5, 5.41) is 7.95. The fourth-order valence-corrected chi connectivity index (χ4v) is 4.40. The van der Waals surface area contributed by atoms with Crippen LogP contribution in [0.15, 0.2) is 29.3 Å². The number of halogens is 1. The van der Waals surface area contributed by atoms with Crippen LogP contribution in [0.25, 0.3) is 0 Å². The van der Waals surface area contributed by atoms with Crippen molar-refractivity contribution in [2.24, 2.45) is 10.9 Å². The number of benzene rings is 1. The number of hydrogen-bond acceptors (Lipinski definition) is 3. The minimum atomic E-state index is 0.423. The molecule has 1 saturated carbocycles. The van der Waals surface area contributed by atoms with Crippen LogP contribution < -0.4 is 15.5 Å². The lowest BCUT2D eigenvalue weighted by Gasteiger charge is -2.21. The zero-order valence-electron chi connectivity index (χ0n) is 15.6. The van der Waals surface area contributed by atoms with Gasteiger partial charge in [-0.15, -0.1) is 0 Å². The number of rotatable bonds is 5. The molecule has 1 aromatic carbocycles. The maximum atomic E-state index is 6.13. The average molecular weight is 376 g/mol. The van der Waals surface area contributed by atoms with Crippen LogP contribution in [-0.2, 0) is 0 Å². The normalized spacial score (nSPS) is 27.2. The Hall–Kier alpha value is -1.46. The molecule has 2 aliphatic heterocycles. The van der Waals surface area contributed by atoms with E-state index in [2.05, 4.69) is 31.5 Å². The van der Waals surface area contributed by atoms with E-state index in [0.29, 0.717) is 6.04 Å². The molecule has 0 radical (unpaired) electrons. The number of aliphatic imine (C=N–C) groups is 1. The van der Waals surface area contributed by atoms with E-state index in [9.17, 15) is 0 Å². The zero-order valence-corrected chi connectivity index (χ0v) is 16.4. The highest BCUT2D eigenvalue weighted by Gasteiger charge is 2.34. The van der Waals surface area contributed by atoms with Crippen LogP contribution in [0.3, 0.4) is 0 Å². The topological polar surface area (TPSA) is 42.9 Å². The lowest BCUT2D eigenvalue weighted by Crippen LogP contribution is -2.46. The van der Waals surface area contributed by atoms with Crippen molar-refractivity contribution in [3.8, 4) is 0 Å². The predicted octanol–water partition coefficient (Wildman–Crippen LogP) is 2.57. The number of anilines is 1. The molecule has 4 rings (SSSR count). The first-order valence-corrected chi connectivity index (χ1v) is 10.3. The second-order valence-electron chi connectivity index (χ2n) is 7.89. The molecular formula is C20H30ClN5. The van der Waals surface area contributed by atoms with Crippen LogP contribution in [0.5, 0.6) is 0 Å². The summed E-state index contributed by atoms with van der Waals surface area (Å²) < 4.78 is 0. The number of nitrogens with zero attached hydrogens (tertiary/aromatic N) is 3. The Morgan fingerprint density at radius 1 is 1.19 bits per heavy atom. The minimum absolute atomic E-state index is 0.423. The summed E-state index contributed by atoms with van der Waals surface area (Å²) >= 11 is 6.13. The van der Waals surface area contributed by atoms with Crippen LogP contribution in [0, 0.1) is 5.92 Å². The number of nitrogens with one attached hydrogen (secondary N) is 2. The monoisotopic (exact) mass is 375 g/mol. The fourth-order valence-electron chi connectivity index (χ4n) is 4.21. The molecule has 2 heterocycles. The Labute approximate surface area is 161 Å². The van der Waals surface area contributed by atoms with Gasteiger partial charge in [-0.25, -0.2) is 0 Å². The summed E-state index contributed by atoms with van der Waals surface area (Å²) in [6, 6.07) is 9.44. The molecule has 5 nitrogen and oxygen atoms in total. The lowest BCUT2D eigenvalue weighted by atomic mass is 10.1. The molecule has 2 saturated heterocycles. The van der Waals surface area contributed by atoms with Gasteiger partial charge < -0.3 is 20.4 Å². The molecule has 1 aliphatic carbocycles. The van der Waals surface area contributed by atoms with Gasteiger partial charge in [0.1, 0.15) is 0 Å². The second kappa shape index (κ2) is 8.05. The van der Waals surface area contributed by atoms with Gasteiger partial charge in [0.15, 0.2) is 5.96 Å². The van der Waals surface area contributed by atoms with Crippen molar-refractivity contribution in [2.75, 3.05) is 44.7 Å². The van der Waals surface area contributed by atoms with E-state index in [1.54, 1.807) is 0 Å². The standard InChI is InChI=1S/C20H30ClN5/c1-22-20(23-12-15-7-9-25(13-15)18-5-6-18)24-17-8-10-26(14-17)19-4-2-3-16(21)11-19/h2-4,11,15,17-18H,5-10,12-14H2,1H3,(H2,22,23,24). The summed E-state index contributed by atoms with van der Waals surface area (Å²) in [6.07, 6.45) is 5.25. The molecular weight excluding hydrogens is 346 g/mol. The smallest absolute Gasteiger partial charge is 0.191 e. The highest BCUT2D eigenvalue weighted by Crippen LogP contribution is 2.31. The molecule has 2 atom stereocenters. The van der Waals surface area contributed by atoms with E-state index in [4.69, 9.17) is 11.6 Å². The van der Waals surface area contributed by atoms with Gasteiger partial charge in [-0.3, -0.25) is 4.99 Å². The van der Waals surface area contributed by atoms with Crippen molar-refractivity contribution in [1.29, 1.82) is 0 Å². The van der Waals surface area contributed by atoms with Crippen LogP contribution in [-0.4, -0.2) is 62.7 Å². The number of hydrogen-bond donors (Lipinski definition) is 2. The quantitative estimate of drug-likeness (QED) is 0.613. The Kier molecular flexibility index (Phi) is 5.55. The van der Waals surface area contributed by atoms with Gasteiger partial charge in [-0.05, 0) is 56.3 Å². The fraction of sp³-hybridized carbons (Fsp3) is 0.650. The van der Waals surface area contributed by atoms with E-state index in [1.807, 2.05) is 25.2 Å². The first kappa shape index (κ1) is 17.9. The van der Waals surface area contributed by atoms with E-state index >= 15 is 0 Å². The molecule has 0 spiro atoms. The molecule has 2 N–H and O–H groups in total. The van der Waals surface area contributed by atoms with Crippen molar-refractivity contribution in [3.05, 3.63) is 29.3 Å². The zero-order chi connectivity index (χ0) is 17.9. The van der Waals surface area contributed by atoms with E-state index in [-0.39, 0.29) is 0 Å². The summed E-state index contributed by atoms with van der Waals surface area (Å²) in [6.45, 7) is 5.59. The summed E-state index contributed by atoms with van der Waals surface area (Å²) in [5.74, 6) is 1.69. The largest absolute Gasteiger partial charge is 0.369 e. The predicted molar refractivity (Wildman–Crippen MR) is 109 cm³/mol. The Bertz CT molecular complexity index is 645. The van der Waals surface area contributed by atoms with Crippen molar-refractivity contribution in [1.82, 2.24) is 15.5 Å². The third-order valence-corrected chi connectivity index (χ3v) is 6.10. The maximum absolute atomic E-state index is 6.13. The molecule has 2 unspecified atom stereocenters. The number of likely N-dealkylation sites (tertiary alicyclic amines) is 1. The number of guanidine groups is 1. The van der Waals surface area contributed by atoms with Crippen LogP contribution in [0.4, 0.5) is 5.69 Å². The SMILES string of the molecule is CN=C(NCC1CCN(C2CC2)C1)NC1CCN(c2cccc(Cl)c2)C1. The maximum Gasteiger partial charge on any atom is 0.191 e. The van der Waals surface area contributed by atoms with Gasteiger partial charge in [0.25, 0.3) is 0 Å². The highest BCUT2D eigenvalue weighted by molar-refractivity contribution is 6.30. The van der Waals surface area contributed by atoms with Crippen molar-refractivity contribution >= 4 is 23.2 Å². The lowest BCUT2D eigenvalue weighted by molar-refractivity contribution is 0.314. The molecule has 142 valence electrons. The van der Waals surface area contributed by atoms with Crippen molar-refractivity contribution in [2.45, 2.75) is 37.8 Å². The third-order valence-electron chi connectivity index (χ3n) is 5.86. The second-order valence-corrected chi connectivity index (χ2v) is 8.33. The average Bonchev–Trinajstić information content (AvgIpc) is 3.21. The summed E-state index contributed by atoms with van der Waals surface area (Å²) in [4.78, 5) is 9.49. The van der Waals surface area contributed by atoms with Gasteiger partial charge in [-0.2, -0.15) is 0 Å². The van der Waals surface area contributed by atoms with Crippen LogP contribution in [0.1, 0.15) is 25.7 Å². The first-order valence-electron chi connectivity index (χ1n) is 9.93. The van der Waals surface area contributed by atoms with Crippen molar-refractivity contribution < 1.29 is 0 Å². The van der Waals surface area contributed by atoms with E-state index in [1.165, 1.54) is 38.0 Å². The van der Waals surface area contributed by atoms with Gasteiger partial charge in [0.2, 0.25) is 0 Å².